The average Bonchev–Trinajstić information content (AvgIpc) is 2.48. The SMILES string of the molecule is COCCNC(=O)CCNc1nc2ccccc2nc1N. The van der Waals surface area contributed by atoms with Gasteiger partial charge in [0.1, 0.15) is 0 Å². The van der Waals surface area contributed by atoms with E-state index in [-0.39, 0.29) is 5.91 Å². The molecule has 21 heavy (non-hydrogen) atoms. The molecule has 0 fully saturated rings. The summed E-state index contributed by atoms with van der Waals surface area (Å²) in [5, 5.41) is 5.78. The van der Waals surface area contributed by atoms with Crippen molar-refractivity contribution in [2.45, 2.75) is 6.42 Å². The standard InChI is InChI=1S/C14H19N5O2/c1-21-9-8-16-12(20)6-7-17-14-13(15)18-10-4-2-3-5-11(10)19-14/h2-5H,6-9H2,1H3,(H2,15,18)(H,16,20)(H,17,19). The summed E-state index contributed by atoms with van der Waals surface area (Å²) in [5.74, 6) is 0.777. The van der Waals surface area contributed by atoms with Gasteiger partial charge in [0.2, 0.25) is 5.91 Å². The molecule has 0 spiro atoms. The molecule has 1 aromatic heterocycles. The Labute approximate surface area is 122 Å². The number of benzene rings is 1. The van der Waals surface area contributed by atoms with Crippen LogP contribution in [0.15, 0.2) is 24.3 Å². The summed E-state index contributed by atoms with van der Waals surface area (Å²) < 4.78 is 4.86. The molecule has 0 radical (unpaired) electrons. The molecule has 0 unspecified atom stereocenters. The average molecular weight is 289 g/mol. The molecular formula is C14H19N5O2. The Morgan fingerprint density at radius 1 is 1.24 bits per heavy atom. The summed E-state index contributed by atoms with van der Waals surface area (Å²) in [7, 11) is 1.59. The number of nitrogens with zero attached hydrogens (tertiary/aromatic N) is 2. The first-order valence-electron chi connectivity index (χ1n) is 6.72. The number of para-hydroxylation sites is 2. The zero-order valence-electron chi connectivity index (χ0n) is 11.9. The van der Waals surface area contributed by atoms with Crippen LogP contribution < -0.4 is 16.4 Å². The van der Waals surface area contributed by atoms with Crippen LogP contribution in [0.2, 0.25) is 0 Å². The Morgan fingerprint density at radius 2 is 1.95 bits per heavy atom. The number of nitrogens with two attached hydrogens (primary N) is 1. The number of hydrogen-bond donors (Lipinski definition) is 3. The summed E-state index contributed by atoms with van der Waals surface area (Å²) in [6.07, 6.45) is 0.331. The van der Waals surface area contributed by atoms with E-state index in [4.69, 9.17) is 10.5 Å². The highest BCUT2D eigenvalue weighted by Gasteiger charge is 2.06. The highest BCUT2D eigenvalue weighted by Crippen LogP contribution is 2.17. The number of nitrogen functional groups attached to an aromatic ring is 1. The molecule has 0 aliphatic carbocycles. The molecule has 0 atom stereocenters. The van der Waals surface area contributed by atoms with Gasteiger partial charge < -0.3 is 21.1 Å². The van der Waals surface area contributed by atoms with Gasteiger partial charge in [-0.05, 0) is 12.1 Å². The van der Waals surface area contributed by atoms with Crippen LogP contribution in [0.4, 0.5) is 11.6 Å². The quantitative estimate of drug-likeness (QED) is 0.651. The predicted molar refractivity (Wildman–Crippen MR) is 81.9 cm³/mol. The first kappa shape index (κ1) is 15.0. The largest absolute Gasteiger partial charge is 0.383 e. The smallest absolute Gasteiger partial charge is 0.221 e. The van der Waals surface area contributed by atoms with Crippen molar-refractivity contribution in [2.75, 3.05) is 37.9 Å². The summed E-state index contributed by atoms with van der Waals surface area (Å²) in [5.41, 5.74) is 7.36. The van der Waals surface area contributed by atoms with Crippen molar-refractivity contribution < 1.29 is 9.53 Å². The summed E-state index contributed by atoms with van der Waals surface area (Å²) in [6.45, 7) is 1.45. The first-order chi connectivity index (χ1) is 10.2. The van der Waals surface area contributed by atoms with E-state index < -0.39 is 0 Å². The van der Waals surface area contributed by atoms with E-state index in [1.807, 2.05) is 24.3 Å². The minimum atomic E-state index is -0.0492. The number of hydrogen-bond acceptors (Lipinski definition) is 6. The highest BCUT2D eigenvalue weighted by atomic mass is 16.5. The summed E-state index contributed by atoms with van der Waals surface area (Å²) in [4.78, 5) is 20.2. The normalized spacial score (nSPS) is 10.5. The molecule has 0 bridgehead atoms. The second kappa shape index (κ2) is 7.39. The number of carbonyl (C=O) groups is 1. The van der Waals surface area contributed by atoms with Crippen LogP contribution in [0.1, 0.15) is 6.42 Å². The third-order valence-electron chi connectivity index (χ3n) is 2.87. The van der Waals surface area contributed by atoms with Crippen LogP contribution in [-0.4, -0.2) is 42.7 Å². The number of carbonyl (C=O) groups excluding carboxylic acids is 1. The van der Waals surface area contributed by atoms with Crippen LogP contribution in [0, 0.1) is 0 Å². The van der Waals surface area contributed by atoms with Crippen molar-refractivity contribution in [1.29, 1.82) is 0 Å². The van der Waals surface area contributed by atoms with Crippen molar-refractivity contribution in [3.05, 3.63) is 24.3 Å². The number of nitrogens with one attached hydrogen (secondary N) is 2. The minimum Gasteiger partial charge on any atom is -0.383 e. The monoisotopic (exact) mass is 289 g/mol. The predicted octanol–water partition coefficient (Wildman–Crippen LogP) is 0.777. The van der Waals surface area contributed by atoms with Crippen LogP contribution in [0.3, 0.4) is 0 Å². The number of amides is 1. The lowest BCUT2D eigenvalue weighted by molar-refractivity contribution is -0.121. The maximum Gasteiger partial charge on any atom is 0.221 e. The molecule has 112 valence electrons. The Hall–Kier alpha value is -2.41. The Balaban J connectivity index is 1.88. The maximum absolute atomic E-state index is 11.5. The Kier molecular flexibility index (Phi) is 5.28. The van der Waals surface area contributed by atoms with E-state index in [0.717, 1.165) is 11.0 Å². The van der Waals surface area contributed by atoms with Gasteiger partial charge in [-0.2, -0.15) is 0 Å². The van der Waals surface area contributed by atoms with Gasteiger partial charge >= 0.3 is 0 Å². The van der Waals surface area contributed by atoms with Gasteiger partial charge in [0, 0.05) is 26.6 Å². The van der Waals surface area contributed by atoms with E-state index in [1.165, 1.54) is 0 Å². The molecule has 2 aromatic rings. The molecule has 7 heteroatoms. The van der Waals surface area contributed by atoms with Gasteiger partial charge in [0.25, 0.3) is 0 Å². The molecule has 0 aliphatic rings. The molecule has 1 heterocycles. The number of fused-ring (bicyclic) bond motifs is 1. The van der Waals surface area contributed by atoms with Crippen molar-refractivity contribution in [1.82, 2.24) is 15.3 Å². The molecule has 0 saturated carbocycles. The molecule has 7 nitrogen and oxygen atoms in total. The number of ether oxygens (including phenoxy) is 1. The summed E-state index contributed by atoms with van der Waals surface area (Å²) in [6, 6.07) is 7.49. The second-order valence-corrected chi connectivity index (χ2v) is 4.47. The fourth-order valence-corrected chi connectivity index (χ4v) is 1.82. The van der Waals surface area contributed by atoms with E-state index in [2.05, 4.69) is 20.6 Å². The third kappa shape index (κ3) is 4.28. The van der Waals surface area contributed by atoms with Crippen molar-refractivity contribution in [3.8, 4) is 0 Å². The zero-order valence-corrected chi connectivity index (χ0v) is 11.9. The fraction of sp³-hybridized carbons (Fsp3) is 0.357. The topological polar surface area (TPSA) is 102 Å². The molecule has 1 aromatic carbocycles. The molecule has 0 saturated heterocycles. The van der Waals surface area contributed by atoms with Gasteiger partial charge in [0.05, 0.1) is 17.6 Å². The highest BCUT2D eigenvalue weighted by molar-refractivity contribution is 5.80. The Morgan fingerprint density at radius 3 is 2.67 bits per heavy atom. The lowest BCUT2D eigenvalue weighted by Gasteiger charge is -2.09. The maximum atomic E-state index is 11.5. The van der Waals surface area contributed by atoms with Crippen LogP contribution in [0.5, 0.6) is 0 Å². The lowest BCUT2D eigenvalue weighted by Crippen LogP contribution is -2.28. The first-order valence-corrected chi connectivity index (χ1v) is 6.72. The fourth-order valence-electron chi connectivity index (χ4n) is 1.82. The molecule has 4 N–H and O–H groups in total. The minimum absolute atomic E-state index is 0.0492. The van der Waals surface area contributed by atoms with Crippen LogP contribution >= 0.6 is 0 Å². The van der Waals surface area contributed by atoms with Crippen molar-refractivity contribution >= 4 is 28.6 Å². The molecular weight excluding hydrogens is 270 g/mol. The second-order valence-electron chi connectivity index (χ2n) is 4.47. The van der Waals surface area contributed by atoms with Gasteiger partial charge in [0.15, 0.2) is 11.6 Å². The number of aromatic nitrogens is 2. The van der Waals surface area contributed by atoms with Gasteiger partial charge in [-0.15, -0.1) is 0 Å². The zero-order chi connectivity index (χ0) is 15.1. The lowest BCUT2D eigenvalue weighted by atomic mass is 10.3. The van der Waals surface area contributed by atoms with Crippen LogP contribution in [-0.2, 0) is 9.53 Å². The van der Waals surface area contributed by atoms with Crippen molar-refractivity contribution in [3.63, 3.8) is 0 Å². The van der Waals surface area contributed by atoms with Gasteiger partial charge in [-0.25, -0.2) is 9.97 Å². The number of anilines is 2. The van der Waals surface area contributed by atoms with Gasteiger partial charge in [-0.1, -0.05) is 12.1 Å². The van der Waals surface area contributed by atoms with Crippen LogP contribution in [0.25, 0.3) is 11.0 Å². The third-order valence-corrected chi connectivity index (χ3v) is 2.87. The molecule has 2 rings (SSSR count). The van der Waals surface area contributed by atoms with E-state index in [0.29, 0.717) is 37.8 Å². The summed E-state index contributed by atoms with van der Waals surface area (Å²) >= 11 is 0. The van der Waals surface area contributed by atoms with Crippen molar-refractivity contribution in [2.24, 2.45) is 0 Å². The number of rotatable bonds is 7. The van der Waals surface area contributed by atoms with E-state index >= 15 is 0 Å². The van der Waals surface area contributed by atoms with Gasteiger partial charge in [-0.3, -0.25) is 4.79 Å². The van der Waals surface area contributed by atoms with E-state index in [9.17, 15) is 4.79 Å². The molecule has 0 aliphatic heterocycles. The van der Waals surface area contributed by atoms with E-state index in [1.54, 1.807) is 7.11 Å². The number of methoxy groups -OCH3 is 1. The Bertz CT molecular complexity index is 617. The molecule has 1 amide bonds.